The Balaban J connectivity index is 2.11. The van der Waals surface area contributed by atoms with E-state index < -0.39 is 0 Å². The van der Waals surface area contributed by atoms with E-state index in [1.165, 1.54) is 11.3 Å². The first kappa shape index (κ1) is 12.2. The van der Waals surface area contributed by atoms with Gasteiger partial charge < -0.3 is 15.4 Å². The van der Waals surface area contributed by atoms with Crippen molar-refractivity contribution in [3.05, 3.63) is 27.6 Å². The summed E-state index contributed by atoms with van der Waals surface area (Å²) in [6.07, 6.45) is 0.685. The molecule has 5 nitrogen and oxygen atoms in total. The van der Waals surface area contributed by atoms with E-state index in [-0.39, 0.29) is 18.2 Å². The Morgan fingerprint density at radius 1 is 1.65 bits per heavy atom. The molecule has 0 spiro atoms. The lowest BCUT2D eigenvalue weighted by molar-refractivity contribution is 0.268. The summed E-state index contributed by atoms with van der Waals surface area (Å²) in [5.74, 6) is 0.630. The van der Waals surface area contributed by atoms with Crippen molar-refractivity contribution in [1.82, 2.24) is 15.3 Å². The summed E-state index contributed by atoms with van der Waals surface area (Å²) in [4.78, 5) is 18.8. The summed E-state index contributed by atoms with van der Waals surface area (Å²) in [6.45, 7) is 2.64. The molecule has 0 aliphatic rings. The molecule has 0 bridgehead atoms. The topological polar surface area (TPSA) is 78.0 Å². The Kier molecular flexibility index (Phi) is 3.88. The molecule has 0 radical (unpaired) electrons. The van der Waals surface area contributed by atoms with Gasteiger partial charge in [-0.3, -0.25) is 4.79 Å². The van der Waals surface area contributed by atoms with Crippen molar-refractivity contribution >= 4 is 21.6 Å². The largest absolute Gasteiger partial charge is 0.396 e. The third-order valence-corrected chi connectivity index (χ3v) is 3.45. The van der Waals surface area contributed by atoms with Gasteiger partial charge in [0.2, 0.25) is 0 Å². The predicted octanol–water partition coefficient (Wildman–Crippen LogP) is 0.845. The average molecular weight is 253 g/mol. The highest BCUT2D eigenvalue weighted by Crippen LogP contribution is 2.13. The zero-order valence-corrected chi connectivity index (χ0v) is 10.4. The third-order valence-electron chi connectivity index (χ3n) is 2.54. The number of hydrogen-bond donors (Lipinski definition) is 3. The van der Waals surface area contributed by atoms with E-state index in [0.29, 0.717) is 23.5 Å². The van der Waals surface area contributed by atoms with Gasteiger partial charge in [0, 0.05) is 12.6 Å². The van der Waals surface area contributed by atoms with Crippen LogP contribution >= 0.6 is 11.3 Å². The Labute approximate surface area is 103 Å². The molecule has 92 valence electrons. The Bertz CT molecular complexity index is 549. The summed E-state index contributed by atoms with van der Waals surface area (Å²) in [5.41, 5.74) is 0.655. The summed E-state index contributed by atoms with van der Waals surface area (Å²) in [5, 5.41) is 13.8. The number of nitrogens with one attached hydrogen (secondary N) is 2. The van der Waals surface area contributed by atoms with Crippen molar-refractivity contribution in [1.29, 1.82) is 0 Å². The standard InChI is InChI=1S/C11H15N3O2S/c1-7(2-4-15)12-6-9-13-8-3-5-17-10(8)11(16)14-9/h3,5,7,12,15H,2,4,6H2,1H3,(H,13,14,16). The molecule has 2 aromatic rings. The molecule has 1 unspecified atom stereocenters. The van der Waals surface area contributed by atoms with E-state index in [2.05, 4.69) is 15.3 Å². The van der Waals surface area contributed by atoms with Gasteiger partial charge in [0.1, 0.15) is 10.5 Å². The number of aliphatic hydroxyl groups excluding tert-OH is 1. The maximum atomic E-state index is 11.7. The number of fused-ring (bicyclic) bond motifs is 1. The van der Waals surface area contributed by atoms with Gasteiger partial charge in [-0.25, -0.2) is 4.98 Å². The number of aromatic nitrogens is 2. The molecule has 2 rings (SSSR count). The van der Waals surface area contributed by atoms with Crippen LogP contribution in [-0.2, 0) is 6.54 Å². The zero-order chi connectivity index (χ0) is 12.3. The minimum Gasteiger partial charge on any atom is -0.396 e. The van der Waals surface area contributed by atoms with Crippen LogP contribution in [0.5, 0.6) is 0 Å². The van der Waals surface area contributed by atoms with Gasteiger partial charge in [0.25, 0.3) is 5.56 Å². The van der Waals surface area contributed by atoms with Crippen LogP contribution in [0.4, 0.5) is 0 Å². The van der Waals surface area contributed by atoms with Crippen LogP contribution in [0.25, 0.3) is 10.2 Å². The van der Waals surface area contributed by atoms with Gasteiger partial charge in [-0.2, -0.15) is 0 Å². The average Bonchev–Trinajstić information content (AvgIpc) is 2.75. The van der Waals surface area contributed by atoms with Crippen molar-refractivity contribution in [3.63, 3.8) is 0 Å². The zero-order valence-electron chi connectivity index (χ0n) is 9.56. The van der Waals surface area contributed by atoms with Crippen molar-refractivity contribution in [2.75, 3.05) is 6.61 Å². The van der Waals surface area contributed by atoms with Crippen LogP contribution in [0.2, 0.25) is 0 Å². The van der Waals surface area contributed by atoms with Crippen LogP contribution < -0.4 is 10.9 Å². The number of nitrogens with zero attached hydrogens (tertiary/aromatic N) is 1. The molecule has 0 saturated heterocycles. The lowest BCUT2D eigenvalue weighted by Crippen LogP contribution is -2.28. The molecule has 0 saturated carbocycles. The highest BCUT2D eigenvalue weighted by Gasteiger charge is 2.06. The van der Waals surface area contributed by atoms with Crippen molar-refractivity contribution in [2.24, 2.45) is 0 Å². The predicted molar refractivity (Wildman–Crippen MR) is 68.2 cm³/mol. The summed E-state index contributed by atoms with van der Waals surface area (Å²) < 4.78 is 0.664. The smallest absolute Gasteiger partial charge is 0.268 e. The summed E-state index contributed by atoms with van der Waals surface area (Å²) >= 11 is 1.40. The van der Waals surface area contributed by atoms with E-state index in [1.807, 2.05) is 18.4 Å². The molecule has 3 N–H and O–H groups in total. The van der Waals surface area contributed by atoms with Crippen LogP contribution in [0, 0.1) is 0 Å². The number of aromatic amines is 1. The van der Waals surface area contributed by atoms with Crippen molar-refractivity contribution in [3.8, 4) is 0 Å². The van der Waals surface area contributed by atoms with Gasteiger partial charge >= 0.3 is 0 Å². The van der Waals surface area contributed by atoms with Crippen LogP contribution in [-0.4, -0.2) is 27.7 Å². The molecule has 6 heteroatoms. The lowest BCUT2D eigenvalue weighted by Gasteiger charge is -2.11. The van der Waals surface area contributed by atoms with Gasteiger partial charge in [0.05, 0.1) is 12.1 Å². The number of thiophene rings is 1. The SMILES string of the molecule is CC(CCO)NCc1nc2ccsc2c(=O)[nH]1. The van der Waals surface area contributed by atoms with E-state index in [0.717, 1.165) is 5.52 Å². The van der Waals surface area contributed by atoms with E-state index in [1.54, 1.807) is 0 Å². The fraction of sp³-hybridized carbons (Fsp3) is 0.455. The maximum absolute atomic E-state index is 11.7. The van der Waals surface area contributed by atoms with Crippen molar-refractivity contribution < 1.29 is 5.11 Å². The second-order valence-electron chi connectivity index (χ2n) is 3.94. The quantitative estimate of drug-likeness (QED) is 0.738. The second kappa shape index (κ2) is 5.39. The molecule has 0 aliphatic carbocycles. The molecule has 17 heavy (non-hydrogen) atoms. The van der Waals surface area contributed by atoms with Gasteiger partial charge in [-0.15, -0.1) is 11.3 Å². The maximum Gasteiger partial charge on any atom is 0.268 e. The number of hydrogen-bond acceptors (Lipinski definition) is 5. The van der Waals surface area contributed by atoms with Gasteiger partial charge in [-0.05, 0) is 24.8 Å². The minimum absolute atomic E-state index is 0.0865. The normalized spacial score (nSPS) is 13.1. The fourth-order valence-electron chi connectivity index (χ4n) is 1.57. The summed E-state index contributed by atoms with van der Waals surface area (Å²) in [6, 6.07) is 2.04. The number of rotatable bonds is 5. The highest BCUT2D eigenvalue weighted by atomic mass is 32.1. The third kappa shape index (κ3) is 2.91. The lowest BCUT2D eigenvalue weighted by atomic mass is 10.2. The highest BCUT2D eigenvalue weighted by molar-refractivity contribution is 7.17. The molecule has 0 aliphatic heterocycles. The van der Waals surface area contributed by atoms with Crippen LogP contribution in [0.3, 0.4) is 0 Å². The first-order chi connectivity index (χ1) is 8.20. The Hall–Kier alpha value is -1.24. The van der Waals surface area contributed by atoms with Crippen LogP contribution in [0.15, 0.2) is 16.2 Å². The Morgan fingerprint density at radius 2 is 2.47 bits per heavy atom. The monoisotopic (exact) mass is 253 g/mol. The molecule has 0 amide bonds. The van der Waals surface area contributed by atoms with Gasteiger partial charge in [0.15, 0.2) is 0 Å². The first-order valence-electron chi connectivity index (χ1n) is 5.51. The number of aliphatic hydroxyl groups is 1. The molecule has 2 heterocycles. The first-order valence-corrected chi connectivity index (χ1v) is 6.39. The fourth-order valence-corrected chi connectivity index (χ4v) is 2.30. The molecular formula is C11H15N3O2S. The molecular weight excluding hydrogens is 238 g/mol. The molecule has 0 aromatic carbocycles. The minimum atomic E-state index is -0.0865. The summed E-state index contributed by atoms with van der Waals surface area (Å²) in [7, 11) is 0. The van der Waals surface area contributed by atoms with Gasteiger partial charge in [-0.1, -0.05) is 0 Å². The van der Waals surface area contributed by atoms with E-state index in [9.17, 15) is 4.79 Å². The van der Waals surface area contributed by atoms with E-state index >= 15 is 0 Å². The molecule has 1 atom stereocenters. The van der Waals surface area contributed by atoms with Crippen molar-refractivity contribution in [2.45, 2.75) is 25.9 Å². The Morgan fingerprint density at radius 3 is 3.24 bits per heavy atom. The van der Waals surface area contributed by atoms with E-state index in [4.69, 9.17) is 5.11 Å². The molecule has 0 fully saturated rings. The second-order valence-corrected chi connectivity index (χ2v) is 4.86. The van der Waals surface area contributed by atoms with Crippen LogP contribution in [0.1, 0.15) is 19.2 Å². The molecule has 2 aromatic heterocycles. The number of H-pyrrole nitrogens is 1.